The first-order valence-electron chi connectivity index (χ1n) is 4.69. The Bertz CT molecular complexity index is 323. The smallest absolute Gasteiger partial charge is 0.330 e. The van der Waals surface area contributed by atoms with Crippen molar-refractivity contribution in [1.82, 2.24) is 0 Å². The molecule has 0 fully saturated rings. The summed E-state index contributed by atoms with van der Waals surface area (Å²) in [5.41, 5.74) is 0. The van der Waals surface area contributed by atoms with Crippen molar-refractivity contribution in [2.75, 3.05) is 6.61 Å². The Hall–Kier alpha value is -1.51. The monoisotopic (exact) mass is 194 g/mol. The van der Waals surface area contributed by atoms with Gasteiger partial charge in [0.25, 0.3) is 0 Å². The van der Waals surface area contributed by atoms with Crippen molar-refractivity contribution < 1.29 is 13.9 Å². The molecule has 0 amide bonds. The predicted octanol–water partition coefficient (Wildman–Crippen LogP) is 2.42. The Morgan fingerprint density at radius 2 is 2.29 bits per heavy atom. The number of furan rings is 1. The minimum absolute atomic E-state index is 0.345. The van der Waals surface area contributed by atoms with Gasteiger partial charge < -0.3 is 9.15 Å². The van der Waals surface area contributed by atoms with E-state index in [2.05, 4.69) is 0 Å². The molecule has 0 saturated carbocycles. The fourth-order valence-electron chi connectivity index (χ4n) is 1.01. The Balaban J connectivity index is 2.55. The van der Waals surface area contributed by atoms with Crippen molar-refractivity contribution in [3.63, 3.8) is 0 Å². The molecule has 0 aliphatic rings. The average Bonchev–Trinajstić information content (AvgIpc) is 2.63. The zero-order valence-corrected chi connectivity index (χ0v) is 8.45. The summed E-state index contributed by atoms with van der Waals surface area (Å²) in [6, 6.07) is 3.72. The Kier molecular flexibility index (Phi) is 3.98. The summed E-state index contributed by atoms with van der Waals surface area (Å²) >= 11 is 0. The topological polar surface area (TPSA) is 39.4 Å². The van der Waals surface area contributed by atoms with Crippen LogP contribution in [0.5, 0.6) is 0 Å². The molecule has 3 nitrogen and oxygen atoms in total. The molecule has 0 bridgehead atoms. The third kappa shape index (κ3) is 3.09. The lowest BCUT2D eigenvalue weighted by molar-refractivity contribution is -0.137. The zero-order valence-electron chi connectivity index (χ0n) is 8.45. The van der Waals surface area contributed by atoms with Crippen LogP contribution < -0.4 is 0 Å². The van der Waals surface area contributed by atoms with Crippen LogP contribution in [0.15, 0.2) is 22.6 Å². The van der Waals surface area contributed by atoms with Gasteiger partial charge in [0.05, 0.1) is 6.61 Å². The number of aryl methyl sites for hydroxylation is 1. The van der Waals surface area contributed by atoms with Gasteiger partial charge in [-0.25, -0.2) is 4.79 Å². The van der Waals surface area contributed by atoms with Gasteiger partial charge in [0, 0.05) is 12.5 Å². The Morgan fingerprint density at radius 3 is 2.86 bits per heavy atom. The van der Waals surface area contributed by atoms with Crippen LogP contribution in [0.4, 0.5) is 0 Å². The van der Waals surface area contributed by atoms with Gasteiger partial charge >= 0.3 is 5.97 Å². The van der Waals surface area contributed by atoms with E-state index in [1.165, 1.54) is 6.08 Å². The Morgan fingerprint density at radius 1 is 1.50 bits per heavy atom. The first-order chi connectivity index (χ1) is 6.76. The number of hydrogen-bond donors (Lipinski definition) is 0. The molecule has 1 aromatic rings. The standard InChI is InChI=1S/C11H14O3/c1-3-9-5-6-10(14-9)7-8-11(12)13-4-2/h5-8H,3-4H2,1-2H3. The molecule has 0 radical (unpaired) electrons. The molecule has 0 atom stereocenters. The fraction of sp³-hybridized carbons (Fsp3) is 0.364. The molecule has 1 rings (SSSR count). The molecule has 14 heavy (non-hydrogen) atoms. The van der Waals surface area contributed by atoms with Gasteiger partial charge in [0.15, 0.2) is 0 Å². The van der Waals surface area contributed by atoms with Crippen LogP contribution in [-0.4, -0.2) is 12.6 Å². The second-order valence-corrected chi connectivity index (χ2v) is 2.74. The summed E-state index contributed by atoms with van der Waals surface area (Å²) in [7, 11) is 0. The predicted molar refractivity (Wildman–Crippen MR) is 53.8 cm³/mol. The first kappa shape index (κ1) is 10.6. The molecule has 3 heteroatoms. The normalized spacial score (nSPS) is 10.7. The maximum Gasteiger partial charge on any atom is 0.330 e. The molecule has 0 aromatic carbocycles. The quantitative estimate of drug-likeness (QED) is 0.545. The minimum Gasteiger partial charge on any atom is -0.463 e. The van der Waals surface area contributed by atoms with Gasteiger partial charge in [-0.3, -0.25) is 0 Å². The van der Waals surface area contributed by atoms with E-state index < -0.39 is 0 Å². The van der Waals surface area contributed by atoms with E-state index >= 15 is 0 Å². The zero-order chi connectivity index (χ0) is 10.4. The highest BCUT2D eigenvalue weighted by atomic mass is 16.5. The van der Waals surface area contributed by atoms with Crippen LogP contribution in [0.25, 0.3) is 6.08 Å². The lowest BCUT2D eigenvalue weighted by Crippen LogP contribution is -1.98. The van der Waals surface area contributed by atoms with Crippen LogP contribution in [0.2, 0.25) is 0 Å². The molecule has 0 saturated heterocycles. The third-order valence-electron chi connectivity index (χ3n) is 1.70. The second-order valence-electron chi connectivity index (χ2n) is 2.74. The maximum absolute atomic E-state index is 10.9. The molecule has 1 aromatic heterocycles. The molecule has 76 valence electrons. The van der Waals surface area contributed by atoms with E-state index in [1.54, 1.807) is 13.0 Å². The highest BCUT2D eigenvalue weighted by Crippen LogP contribution is 2.09. The highest BCUT2D eigenvalue weighted by molar-refractivity contribution is 5.86. The number of esters is 1. The van der Waals surface area contributed by atoms with Crippen molar-refractivity contribution in [1.29, 1.82) is 0 Å². The van der Waals surface area contributed by atoms with Crippen molar-refractivity contribution in [2.45, 2.75) is 20.3 Å². The van der Waals surface area contributed by atoms with Crippen molar-refractivity contribution in [3.05, 3.63) is 29.7 Å². The van der Waals surface area contributed by atoms with E-state index in [9.17, 15) is 4.79 Å². The third-order valence-corrected chi connectivity index (χ3v) is 1.70. The van der Waals surface area contributed by atoms with Gasteiger partial charge in [0.1, 0.15) is 11.5 Å². The lowest BCUT2D eigenvalue weighted by atomic mass is 10.3. The molecule has 0 N–H and O–H groups in total. The van der Waals surface area contributed by atoms with Gasteiger partial charge in [-0.2, -0.15) is 0 Å². The van der Waals surface area contributed by atoms with Gasteiger partial charge in [-0.05, 0) is 25.1 Å². The number of carbonyl (C=O) groups is 1. The Labute approximate surface area is 83.4 Å². The summed E-state index contributed by atoms with van der Waals surface area (Å²) in [4.78, 5) is 10.9. The molecule has 0 aliphatic heterocycles. The van der Waals surface area contributed by atoms with Gasteiger partial charge in [-0.15, -0.1) is 0 Å². The summed E-state index contributed by atoms with van der Waals surface area (Å²) in [6.45, 7) is 4.17. The number of hydrogen-bond acceptors (Lipinski definition) is 3. The molecule has 0 unspecified atom stereocenters. The minimum atomic E-state index is -0.345. The van der Waals surface area contributed by atoms with Crippen LogP contribution in [-0.2, 0) is 16.0 Å². The van der Waals surface area contributed by atoms with Crippen LogP contribution in [0.1, 0.15) is 25.4 Å². The van der Waals surface area contributed by atoms with Gasteiger partial charge in [0.2, 0.25) is 0 Å². The summed E-state index contributed by atoms with van der Waals surface area (Å²) in [6.07, 6.45) is 3.83. The van der Waals surface area contributed by atoms with E-state index in [-0.39, 0.29) is 5.97 Å². The number of ether oxygens (including phenoxy) is 1. The van der Waals surface area contributed by atoms with Gasteiger partial charge in [-0.1, -0.05) is 6.92 Å². The van der Waals surface area contributed by atoms with Crippen molar-refractivity contribution >= 4 is 12.0 Å². The second kappa shape index (κ2) is 5.27. The van der Waals surface area contributed by atoms with E-state index in [0.29, 0.717) is 12.4 Å². The van der Waals surface area contributed by atoms with Crippen LogP contribution in [0, 0.1) is 0 Å². The van der Waals surface area contributed by atoms with Crippen molar-refractivity contribution in [2.24, 2.45) is 0 Å². The number of carbonyl (C=O) groups excluding carboxylic acids is 1. The fourth-order valence-corrected chi connectivity index (χ4v) is 1.01. The molecule has 0 spiro atoms. The highest BCUT2D eigenvalue weighted by Gasteiger charge is 1.98. The molecular formula is C11H14O3. The maximum atomic E-state index is 10.9. The summed E-state index contributed by atoms with van der Waals surface area (Å²) in [5.74, 6) is 1.24. The van der Waals surface area contributed by atoms with E-state index in [0.717, 1.165) is 12.2 Å². The van der Waals surface area contributed by atoms with Crippen molar-refractivity contribution in [3.8, 4) is 0 Å². The van der Waals surface area contributed by atoms with E-state index in [4.69, 9.17) is 9.15 Å². The van der Waals surface area contributed by atoms with Crippen LogP contribution in [0.3, 0.4) is 0 Å². The SMILES string of the molecule is CCOC(=O)C=Cc1ccc(CC)o1. The first-order valence-corrected chi connectivity index (χ1v) is 4.69. The average molecular weight is 194 g/mol. The molecule has 0 aliphatic carbocycles. The van der Waals surface area contributed by atoms with Crippen LogP contribution >= 0.6 is 0 Å². The molecular weight excluding hydrogens is 180 g/mol. The largest absolute Gasteiger partial charge is 0.463 e. The molecule has 1 heterocycles. The summed E-state index contributed by atoms with van der Waals surface area (Å²) in [5, 5.41) is 0. The number of rotatable bonds is 4. The van der Waals surface area contributed by atoms with E-state index in [1.807, 2.05) is 19.1 Å². The lowest BCUT2D eigenvalue weighted by Gasteiger charge is -1.93. The summed E-state index contributed by atoms with van der Waals surface area (Å²) < 4.78 is 10.1.